The lowest BCUT2D eigenvalue weighted by Crippen LogP contribution is -2.41. The Morgan fingerprint density at radius 1 is 0.875 bits per heavy atom. The van der Waals surface area contributed by atoms with Crippen molar-refractivity contribution in [2.75, 3.05) is 4.72 Å². The van der Waals surface area contributed by atoms with E-state index in [-0.39, 0.29) is 26.7 Å². The van der Waals surface area contributed by atoms with Crippen LogP contribution in [0.2, 0.25) is 5.02 Å². The lowest BCUT2D eigenvalue weighted by molar-refractivity contribution is -0.385. The number of sulfonamides is 1. The summed E-state index contributed by atoms with van der Waals surface area (Å²) in [6.45, 7) is 0. The Labute approximate surface area is 187 Å². The third kappa shape index (κ3) is 5.20. The topological polar surface area (TPSA) is 148 Å². The van der Waals surface area contributed by atoms with Gasteiger partial charge in [-0.25, -0.2) is 8.42 Å². The van der Waals surface area contributed by atoms with Crippen molar-refractivity contribution in [3.63, 3.8) is 0 Å². The van der Waals surface area contributed by atoms with Gasteiger partial charge in [-0.15, -0.1) is 0 Å². The fourth-order valence-corrected chi connectivity index (χ4v) is 3.99. The number of hydrazine groups is 1. The fraction of sp³-hybridized carbons (Fsp3) is 0. The molecule has 0 bridgehead atoms. The number of carbonyl (C=O) groups is 2. The van der Waals surface area contributed by atoms with E-state index in [2.05, 4.69) is 15.6 Å². The first-order chi connectivity index (χ1) is 15.2. The summed E-state index contributed by atoms with van der Waals surface area (Å²) >= 11 is 5.98. The van der Waals surface area contributed by atoms with E-state index >= 15 is 0 Å². The number of amides is 2. The number of hydrogen-bond acceptors (Lipinski definition) is 6. The molecule has 0 radical (unpaired) electrons. The van der Waals surface area contributed by atoms with Crippen LogP contribution in [-0.2, 0) is 10.0 Å². The van der Waals surface area contributed by atoms with Crippen LogP contribution in [0.15, 0.2) is 77.7 Å². The Morgan fingerprint density at radius 2 is 1.53 bits per heavy atom. The van der Waals surface area contributed by atoms with Gasteiger partial charge in [-0.1, -0.05) is 41.9 Å². The quantitative estimate of drug-likeness (QED) is 0.369. The van der Waals surface area contributed by atoms with Crippen LogP contribution in [-0.4, -0.2) is 25.2 Å². The van der Waals surface area contributed by atoms with Crippen molar-refractivity contribution < 1.29 is 22.9 Å². The van der Waals surface area contributed by atoms with E-state index in [4.69, 9.17) is 11.6 Å². The van der Waals surface area contributed by atoms with Crippen molar-refractivity contribution in [2.45, 2.75) is 4.90 Å². The molecule has 0 aliphatic rings. The highest BCUT2D eigenvalue weighted by molar-refractivity contribution is 7.92. The molecule has 0 saturated heterocycles. The number of rotatable bonds is 6. The highest BCUT2D eigenvalue weighted by Crippen LogP contribution is 2.24. The molecule has 0 aromatic heterocycles. The maximum absolute atomic E-state index is 12.6. The Bertz CT molecular complexity index is 1310. The third-order valence-electron chi connectivity index (χ3n) is 4.16. The van der Waals surface area contributed by atoms with Crippen LogP contribution >= 0.6 is 11.6 Å². The summed E-state index contributed by atoms with van der Waals surface area (Å²) in [6.07, 6.45) is 0. The van der Waals surface area contributed by atoms with Crippen molar-refractivity contribution >= 4 is 44.8 Å². The molecular weight excluding hydrogens is 460 g/mol. The molecule has 10 nitrogen and oxygen atoms in total. The van der Waals surface area contributed by atoms with E-state index < -0.39 is 32.4 Å². The molecule has 0 aliphatic carbocycles. The van der Waals surface area contributed by atoms with Gasteiger partial charge in [0, 0.05) is 11.6 Å². The Morgan fingerprint density at radius 3 is 2.25 bits per heavy atom. The number of hydrogen-bond donors (Lipinski definition) is 3. The predicted molar refractivity (Wildman–Crippen MR) is 117 cm³/mol. The largest absolute Gasteiger partial charge is 0.282 e. The number of nitrogens with zero attached hydrogens (tertiary/aromatic N) is 1. The number of para-hydroxylation sites is 2. The summed E-state index contributed by atoms with van der Waals surface area (Å²) in [5, 5.41) is 11.2. The van der Waals surface area contributed by atoms with E-state index in [9.17, 15) is 28.1 Å². The van der Waals surface area contributed by atoms with Crippen LogP contribution in [0.5, 0.6) is 0 Å². The van der Waals surface area contributed by atoms with Gasteiger partial charge in [-0.3, -0.25) is 35.3 Å². The predicted octanol–water partition coefficient (Wildman–Crippen LogP) is 3.12. The smallest absolute Gasteiger partial charge is 0.278 e. The fourth-order valence-electron chi connectivity index (χ4n) is 2.63. The van der Waals surface area contributed by atoms with E-state index in [0.717, 1.165) is 12.1 Å². The number of carbonyl (C=O) groups excluding carboxylic acids is 2. The lowest BCUT2D eigenvalue weighted by atomic mass is 10.2. The molecule has 2 amide bonds. The number of nitro groups is 1. The van der Waals surface area contributed by atoms with Gasteiger partial charge in [-0.2, -0.15) is 0 Å². The summed E-state index contributed by atoms with van der Waals surface area (Å²) in [6, 6.07) is 16.5. The zero-order chi connectivity index (χ0) is 23.3. The van der Waals surface area contributed by atoms with Gasteiger partial charge >= 0.3 is 0 Å². The molecule has 3 aromatic rings. The number of benzene rings is 3. The average molecular weight is 475 g/mol. The lowest BCUT2D eigenvalue weighted by Gasteiger charge is -2.11. The first-order valence-corrected chi connectivity index (χ1v) is 10.8. The van der Waals surface area contributed by atoms with Crippen molar-refractivity contribution in [1.29, 1.82) is 0 Å². The van der Waals surface area contributed by atoms with Crippen LogP contribution in [0.25, 0.3) is 0 Å². The van der Waals surface area contributed by atoms with Gasteiger partial charge in [0.15, 0.2) is 0 Å². The molecule has 12 heteroatoms. The van der Waals surface area contributed by atoms with E-state index in [1.807, 2.05) is 0 Å². The van der Waals surface area contributed by atoms with Gasteiger partial charge in [0.25, 0.3) is 27.5 Å². The Kier molecular flexibility index (Phi) is 6.71. The molecule has 3 aromatic carbocycles. The number of nitro benzene ring substituents is 1. The van der Waals surface area contributed by atoms with Gasteiger partial charge in [0.1, 0.15) is 5.56 Å². The molecule has 164 valence electrons. The second-order valence-electron chi connectivity index (χ2n) is 6.30. The van der Waals surface area contributed by atoms with Crippen molar-refractivity contribution in [2.24, 2.45) is 0 Å². The minimum absolute atomic E-state index is 0.0742. The number of anilines is 1. The third-order valence-corrected chi connectivity index (χ3v) is 5.85. The molecule has 0 spiro atoms. The first-order valence-electron chi connectivity index (χ1n) is 8.90. The van der Waals surface area contributed by atoms with E-state index in [1.54, 1.807) is 12.1 Å². The molecule has 0 aliphatic heterocycles. The monoisotopic (exact) mass is 474 g/mol. The summed E-state index contributed by atoms with van der Waals surface area (Å²) in [7, 11) is -4.06. The first kappa shape index (κ1) is 22.7. The standard InChI is InChI=1S/C20H15ClN4O6S/c21-16-9-2-3-10-17(16)24-32(30,31)14-7-5-6-13(12-14)19(26)22-23-20(27)15-8-1-4-11-18(15)25(28)29/h1-12,24H,(H,22,26)(H,23,27). The van der Waals surface area contributed by atoms with Gasteiger partial charge in [-0.05, 0) is 36.4 Å². The molecule has 0 atom stereocenters. The van der Waals surface area contributed by atoms with E-state index in [0.29, 0.717) is 0 Å². The second-order valence-corrected chi connectivity index (χ2v) is 8.39. The SMILES string of the molecule is O=C(NNC(=O)c1ccccc1[N+](=O)[O-])c1cccc(S(=O)(=O)Nc2ccccc2Cl)c1. The molecular formula is C20H15ClN4O6S. The van der Waals surface area contributed by atoms with E-state index in [1.165, 1.54) is 48.5 Å². The van der Waals surface area contributed by atoms with Crippen LogP contribution < -0.4 is 15.6 Å². The van der Waals surface area contributed by atoms with Crippen molar-refractivity contribution in [3.8, 4) is 0 Å². The summed E-state index contributed by atoms with van der Waals surface area (Å²) in [5.41, 5.74) is 3.58. The molecule has 3 N–H and O–H groups in total. The molecule has 0 saturated carbocycles. The Hall–Kier alpha value is -3.96. The number of halogens is 1. The highest BCUT2D eigenvalue weighted by atomic mass is 35.5. The maximum atomic E-state index is 12.6. The van der Waals surface area contributed by atoms with Crippen LogP contribution in [0.3, 0.4) is 0 Å². The second kappa shape index (κ2) is 9.45. The number of nitrogens with one attached hydrogen (secondary N) is 3. The minimum atomic E-state index is -4.06. The maximum Gasteiger partial charge on any atom is 0.282 e. The van der Waals surface area contributed by atoms with Crippen LogP contribution in [0, 0.1) is 10.1 Å². The summed E-state index contributed by atoms with van der Waals surface area (Å²) in [5.74, 6) is -1.73. The zero-order valence-electron chi connectivity index (χ0n) is 16.1. The highest BCUT2D eigenvalue weighted by Gasteiger charge is 2.21. The molecule has 3 rings (SSSR count). The Balaban J connectivity index is 1.74. The summed E-state index contributed by atoms with van der Waals surface area (Å²) < 4.78 is 27.6. The minimum Gasteiger partial charge on any atom is -0.278 e. The van der Waals surface area contributed by atoms with Gasteiger partial charge < -0.3 is 0 Å². The van der Waals surface area contributed by atoms with Gasteiger partial charge in [0.2, 0.25) is 0 Å². The normalized spacial score (nSPS) is 10.8. The molecule has 0 fully saturated rings. The van der Waals surface area contributed by atoms with Crippen LogP contribution in [0.1, 0.15) is 20.7 Å². The van der Waals surface area contributed by atoms with Crippen molar-refractivity contribution in [3.05, 3.63) is 99.1 Å². The van der Waals surface area contributed by atoms with Crippen molar-refractivity contribution in [1.82, 2.24) is 10.9 Å². The molecule has 0 unspecified atom stereocenters. The zero-order valence-corrected chi connectivity index (χ0v) is 17.7. The van der Waals surface area contributed by atoms with Gasteiger partial charge in [0.05, 0.1) is 20.5 Å². The molecule has 0 heterocycles. The average Bonchev–Trinajstić information content (AvgIpc) is 2.78. The summed E-state index contributed by atoms with van der Waals surface area (Å²) in [4.78, 5) is 34.7. The van der Waals surface area contributed by atoms with Crippen LogP contribution in [0.4, 0.5) is 11.4 Å². The molecule has 32 heavy (non-hydrogen) atoms.